The first-order chi connectivity index (χ1) is 8.88. The summed E-state index contributed by atoms with van der Waals surface area (Å²) < 4.78 is 5.20. The molecule has 2 unspecified atom stereocenters. The third-order valence-electron chi connectivity index (χ3n) is 3.41. The van der Waals surface area contributed by atoms with Crippen LogP contribution in [0.25, 0.3) is 0 Å². The summed E-state index contributed by atoms with van der Waals surface area (Å²) >= 11 is 0. The third-order valence-corrected chi connectivity index (χ3v) is 3.41. The largest absolute Gasteiger partial charge is 0.383 e. The second-order valence-electron chi connectivity index (χ2n) is 5.78. The number of hydrogen-bond donors (Lipinski definition) is 1. The van der Waals surface area contributed by atoms with Gasteiger partial charge in [0.05, 0.1) is 12.7 Å². The van der Waals surface area contributed by atoms with Gasteiger partial charge in [-0.05, 0) is 53.6 Å². The molecule has 0 radical (unpaired) electrons. The molecule has 0 aromatic carbocycles. The lowest BCUT2D eigenvalue weighted by atomic mass is 9.96. The maximum absolute atomic E-state index is 9.30. The number of methoxy groups -OCH3 is 1. The van der Waals surface area contributed by atoms with Crippen molar-refractivity contribution in [3.05, 3.63) is 0 Å². The highest BCUT2D eigenvalue weighted by atomic mass is 16.5. The molecular formula is C15H31N3O. The monoisotopic (exact) mass is 269 g/mol. The van der Waals surface area contributed by atoms with Crippen LogP contribution in [0.1, 0.15) is 47.5 Å². The van der Waals surface area contributed by atoms with Gasteiger partial charge in [0.2, 0.25) is 0 Å². The Kier molecular flexibility index (Phi) is 8.99. The highest BCUT2D eigenvalue weighted by Crippen LogP contribution is 2.13. The van der Waals surface area contributed by atoms with Crippen LogP contribution in [-0.4, -0.2) is 49.3 Å². The molecule has 0 aromatic heterocycles. The predicted octanol–water partition coefficient (Wildman–Crippen LogP) is 2.40. The van der Waals surface area contributed by atoms with Gasteiger partial charge in [0.25, 0.3) is 0 Å². The van der Waals surface area contributed by atoms with Gasteiger partial charge in [-0.1, -0.05) is 6.92 Å². The van der Waals surface area contributed by atoms with E-state index in [1.807, 2.05) is 6.92 Å². The second-order valence-corrected chi connectivity index (χ2v) is 5.78. The molecule has 19 heavy (non-hydrogen) atoms. The zero-order valence-corrected chi connectivity index (χ0v) is 13.5. The zero-order chi connectivity index (χ0) is 14.9. The molecule has 0 saturated heterocycles. The van der Waals surface area contributed by atoms with Crippen LogP contribution in [0.3, 0.4) is 0 Å². The van der Waals surface area contributed by atoms with E-state index in [0.717, 1.165) is 32.5 Å². The molecule has 0 spiro atoms. The summed E-state index contributed by atoms with van der Waals surface area (Å²) in [5.41, 5.74) is -0.419. The first-order valence-electron chi connectivity index (χ1n) is 7.30. The molecule has 0 heterocycles. The average molecular weight is 269 g/mol. The van der Waals surface area contributed by atoms with Gasteiger partial charge >= 0.3 is 0 Å². The fourth-order valence-electron chi connectivity index (χ4n) is 2.47. The van der Waals surface area contributed by atoms with E-state index in [1.54, 1.807) is 7.11 Å². The van der Waals surface area contributed by atoms with Crippen molar-refractivity contribution in [2.24, 2.45) is 0 Å². The van der Waals surface area contributed by atoms with Crippen LogP contribution in [0.5, 0.6) is 0 Å². The molecule has 4 heteroatoms. The molecule has 0 aromatic rings. The van der Waals surface area contributed by atoms with Crippen molar-refractivity contribution in [1.29, 1.82) is 5.26 Å². The first-order valence-corrected chi connectivity index (χ1v) is 7.30. The number of nitrogens with zero attached hydrogens (tertiary/aromatic N) is 2. The van der Waals surface area contributed by atoms with E-state index >= 15 is 0 Å². The Bertz CT molecular complexity index is 275. The maximum atomic E-state index is 9.30. The van der Waals surface area contributed by atoms with Crippen LogP contribution < -0.4 is 5.32 Å². The lowest BCUT2D eigenvalue weighted by Crippen LogP contribution is -2.45. The fourth-order valence-corrected chi connectivity index (χ4v) is 2.47. The van der Waals surface area contributed by atoms with Crippen molar-refractivity contribution in [3.63, 3.8) is 0 Å². The Hall–Kier alpha value is -0.630. The molecule has 0 saturated carbocycles. The van der Waals surface area contributed by atoms with Gasteiger partial charge in [-0.3, -0.25) is 10.2 Å². The molecule has 0 bridgehead atoms. The number of nitriles is 1. The Balaban J connectivity index is 4.20. The smallest absolute Gasteiger partial charge is 0.104 e. The van der Waals surface area contributed by atoms with Crippen molar-refractivity contribution in [1.82, 2.24) is 10.2 Å². The normalized spacial score (nSPS) is 16.4. The molecular weight excluding hydrogens is 238 g/mol. The molecule has 0 aliphatic rings. The van der Waals surface area contributed by atoms with Crippen molar-refractivity contribution in [3.8, 4) is 6.07 Å². The highest BCUT2D eigenvalue weighted by Gasteiger charge is 2.24. The van der Waals surface area contributed by atoms with Gasteiger partial charge < -0.3 is 4.74 Å². The minimum absolute atomic E-state index is 0.333. The SMILES string of the molecule is CCN(CCCC(C)(C#N)NC(C)C)C(C)COC. The molecule has 1 N–H and O–H groups in total. The first kappa shape index (κ1) is 18.4. The van der Waals surface area contributed by atoms with Crippen LogP contribution in [0.15, 0.2) is 0 Å². The lowest BCUT2D eigenvalue weighted by Gasteiger charge is -2.30. The second kappa shape index (κ2) is 9.30. The Morgan fingerprint density at radius 1 is 1.37 bits per heavy atom. The van der Waals surface area contributed by atoms with Crippen LogP contribution in [0.4, 0.5) is 0 Å². The van der Waals surface area contributed by atoms with E-state index in [4.69, 9.17) is 4.74 Å². The number of nitrogens with one attached hydrogen (secondary N) is 1. The van der Waals surface area contributed by atoms with Crippen LogP contribution in [-0.2, 0) is 4.74 Å². The summed E-state index contributed by atoms with van der Waals surface area (Å²) in [7, 11) is 1.74. The standard InChI is InChI=1S/C15H31N3O/c1-7-18(14(4)11-19-6)10-8-9-15(5,12-16)17-13(2)3/h13-14,17H,7-11H2,1-6H3. The predicted molar refractivity (Wildman–Crippen MR) is 80.1 cm³/mol. The molecule has 0 aliphatic heterocycles. The third kappa shape index (κ3) is 7.51. The van der Waals surface area contributed by atoms with Gasteiger partial charge in [-0.15, -0.1) is 0 Å². The molecule has 4 nitrogen and oxygen atoms in total. The Labute approximate surface area is 119 Å². The summed E-state index contributed by atoms with van der Waals surface area (Å²) in [6.07, 6.45) is 1.89. The summed E-state index contributed by atoms with van der Waals surface area (Å²) in [4.78, 5) is 2.40. The lowest BCUT2D eigenvalue weighted by molar-refractivity contribution is 0.100. The van der Waals surface area contributed by atoms with Crippen molar-refractivity contribution < 1.29 is 4.74 Å². The minimum atomic E-state index is -0.419. The van der Waals surface area contributed by atoms with E-state index in [1.165, 1.54) is 0 Å². The summed E-state index contributed by atoms with van der Waals surface area (Å²) in [6.45, 7) is 13.3. The quantitative estimate of drug-likeness (QED) is 0.661. The van der Waals surface area contributed by atoms with Crippen molar-refractivity contribution >= 4 is 0 Å². The van der Waals surface area contributed by atoms with E-state index in [-0.39, 0.29) is 0 Å². The Morgan fingerprint density at radius 2 is 2.00 bits per heavy atom. The molecule has 112 valence electrons. The Morgan fingerprint density at radius 3 is 2.42 bits per heavy atom. The van der Waals surface area contributed by atoms with E-state index < -0.39 is 5.54 Å². The van der Waals surface area contributed by atoms with Crippen molar-refractivity contribution in [2.45, 2.75) is 65.1 Å². The summed E-state index contributed by atoms with van der Waals surface area (Å²) in [5.74, 6) is 0. The van der Waals surface area contributed by atoms with Gasteiger partial charge in [-0.2, -0.15) is 5.26 Å². The highest BCUT2D eigenvalue weighted by molar-refractivity contribution is 5.04. The number of ether oxygens (including phenoxy) is 1. The number of hydrogen-bond acceptors (Lipinski definition) is 4. The molecule has 0 aliphatic carbocycles. The number of rotatable bonds is 10. The molecule has 0 fully saturated rings. The van der Waals surface area contributed by atoms with E-state index in [2.05, 4.69) is 44.0 Å². The molecule has 0 amide bonds. The summed E-state index contributed by atoms with van der Waals surface area (Å²) in [5, 5.41) is 12.7. The van der Waals surface area contributed by atoms with Gasteiger partial charge in [0, 0.05) is 19.2 Å². The van der Waals surface area contributed by atoms with Gasteiger partial charge in [0.1, 0.15) is 5.54 Å². The molecule has 2 atom stereocenters. The fraction of sp³-hybridized carbons (Fsp3) is 0.933. The van der Waals surface area contributed by atoms with E-state index in [0.29, 0.717) is 12.1 Å². The van der Waals surface area contributed by atoms with Crippen LogP contribution in [0.2, 0.25) is 0 Å². The average Bonchev–Trinajstić information content (AvgIpc) is 2.34. The van der Waals surface area contributed by atoms with Gasteiger partial charge in [-0.25, -0.2) is 0 Å². The maximum Gasteiger partial charge on any atom is 0.104 e. The zero-order valence-electron chi connectivity index (χ0n) is 13.5. The van der Waals surface area contributed by atoms with E-state index in [9.17, 15) is 5.26 Å². The van der Waals surface area contributed by atoms with Crippen LogP contribution in [0, 0.1) is 11.3 Å². The minimum Gasteiger partial charge on any atom is -0.383 e. The summed E-state index contributed by atoms with van der Waals surface area (Å²) in [6, 6.07) is 3.17. The van der Waals surface area contributed by atoms with Crippen molar-refractivity contribution in [2.75, 3.05) is 26.8 Å². The topological polar surface area (TPSA) is 48.3 Å². The molecule has 0 rings (SSSR count). The van der Waals surface area contributed by atoms with Gasteiger partial charge in [0.15, 0.2) is 0 Å². The number of likely N-dealkylation sites (N-methyl/N-ethyl adjacent to an activating group) is 1. The van der Waals surface area contributed by atoms with Crippen LogP contribution >= 0.6 is 0 Å².